The van der Waals surface area contributed by atoms with E-state index in [-0.39, 0.29) is 0 Å². The van der Waals surface area contributed by atoms with Crippen molar-refractivity contribution in [2.75, 3.05) is 5.73 Å². The van der Waals surface area contributed by atoms with E-state index in [9.17, 15) is 0 Å². The molecule has 3 nitrogen and oxygen atoms in total. The van der Waals surface area contributed by atoms with Gasteiger partial charge in [-0.15, -0.1) is 0 Å². The molecule has 3 rings (SSSR count). The average molecular weight is 252 g/mol. The average Bonchev–Trinajstić information content (AvgIpc) is 2.82. The first-order valence-electron chi connectivity index (χ1n) is 6.47. The number of fused-ring (bicyclic) bond motifs is 1. The number of benzene rings is 2. The van der Waals surface area contributed by atoms with Crippen LogP contribution in [0.15, 0.2) is 46.9 Å². The Morgan fingerprint density at radius 1 is 1.05 bits per heavy atom. The third kappa shape index (κ3) is 2.45. The van der Waals surface area contributed by atoms with Crippen LogP contribution in [0.5, 0.6) is 0 Å². The number of nitrogens with two attached hydrogens (primary N) is 1. The van der Waals surface area contributed by atoms with E-state index in [0.717, 1.165) is 34.7 Å². The minimum Gasteiger partial charge on any atom is -0.440 e. The van der Waals surface area contributed by atoms with Crippen LogP contribution in [0.3, 0.4) is 0 Å². The van der Waals surface area contributed by atoms with Gasteiger partial charge >= 0.3 is 0 Å². The second-order valence-corrected chi connectivity index (χ2v) is 4.68. The largest absolute Gasteiger partial charge is 0.440 e. The van der Waals surface area contributed by atoms with Crippen molar-refractivity contribution in [1.29, 1.82) is 0 Å². The summed E-state index contributed by atoms with van der Waals surface area (Å²) in [6, 6.07) is 14.0. The van der Waals surface area contributed by atoms with Gasteiger partial charge in [0, 0.05) is 12.1 Å². The van der Waals surface area contributed by atoms with E-state index in [2.05, 4.69) is 24.0 Å². The first-order valence-corrected chi connectivity index (χ1v) is 6.47. The molecule has 0 atom stereocenters. The summed E-state index contributed by atoms with van der Waals surface area (Å²) in [5.74, 6) is 0.744. The van der Waals surface area contributed by atoms with Gasteiger partial charge in [0.1, 0.15) is 5.52 Å². The number of aryl methyl sites for hydroxylation is 1. The van der Waals surface area contributed by atoms with Crippen LogP contribution in [0.4, 0.5) is 5.69 Å². The zero-order valence-electron chi connectivity index (χ0n) is 10.9. The van der Waals surface area contributed by atoms with Gasteiger partial charge in [-0.25, -0.2) is 4.98 Å². The van der Waals surface area contributed by atoms with E-state index in [1.807, 2.05) is 30.3 Å². The number of hydrogen-bond donors (Lipinski definition) is 1. The van der Waals surface area contributed by atoms with Gasteiger partial charge in [0.25, 0.3) is 0 Å². The Balaban J connectivity index is 1.90. The normalized spacial score (nSPS) is 11.0. The number of hydrogen-bond acceptors (Lipinski definition) is 3. The summed E-state index contributed by atoms with van der Waals surface area (Å²) in [7, 11) is 0. The molecule has 1 aromatic heterocycles. The minimum absolute atomic E-state index is 0.691. The first-order chi connectivity index (χ1) is 9.24. The molecule has 0 unspecified atom stereocenters. The lowest BCUT2D eigenvalue weighted by atomic mass is 10.1. The van der Waals surface area contributed by atoms with Gasteiger partial charge in [0.15, 0.2) is 11.5 Å². The van der Waals surface area contributed by atoms with Crippen LogP contribution in [-0.2, 0) is 12.8 Å². The van der Waals surface area contributed by atoms with Gasteiger partial charge in [-0.2, -0.15) is 0 Å². The minimum atomic E-state index is 0.691. The van der Waals surface area contributed by atoms with Crippen molar-refractivity contribution >= 4 is 16.8 Å². The van der Waals surface area contributed by atoms with Crippen LogP contribution in [0.1, 0.15) is 23.9 Å². The van der Waals surface area contributed by atoms with E-state index in [0.29, 0.717) is 6.42 Å². The molecule has 0 aliphatic heterocycles. The van der Waals surface area contributed by atoms with Crippen molar-refractivity contribution in [3.63, 3.8) is 0 Å². The van der Waals surface area contributed by atoms with Crippen LogP contribution in [-0.4, -0.2) is 4.98 Å². The van der Waals surface area contributed by atoms with Crippen molar-refractivity contribution in [1.82, 2.24) is 4.98 Å². The molecule has 2 aromatic carbocycles. The summed E-state index contributed by atoms with van der Waals surface area (Å²) >= 11 is 0. The van der Waals surface area contributed by atoms with Crippen LogP contribution in [0, 0.1) is 0 Å². The van der Waals surface area contributed by atoms with Crippen molar-refractivity contribution in [2.24, 2.45) is 0 Å². The van der Waals surface area contributed by atoms with E-state index >= 15 is 0 Å². The Morgan fingerprint density at radius 2 is 1.79 bits per heavy atom. The molecule has 0 saturated carbocycles. The number of nitrogens with zero attached hydrogens (tertiary/aromatic N) is 1. The monoisotopic (exact) mass is 252 g/mol. The molecular formula is C16H16N2O. The second-order valence-electron chi connectivity index (χ2n) is 4.68. The fourth-order valence-electron chi connectivity index (χ4n) is 2.13. The molecular weight excluding hydrogens is 236 g/mol. The van der Waals surface area contributed by atoms with Gasteiger partial charge in [-0.3, -0.25) is 0 Å². The maximum absolute atomic E-state index is 5.76. The summed E-state index contributed by atoms with van der Waals surface area (Å²) in [6.45, 7) is 2.14. The highest BCUT2D eigenvalue weighted by atomic mass is 16.3. The summed E-state index contributed by atoms with van der Waals surface area (Å²) in [4.78, 5) is 4.54. The smallest absolute Gasteiger partial charge is 0.199 e. The standard InChI is InChI=1S/C16H16N2O/c1-2-11-5-8-15-14(9-11)18-16(19-15)10-12-3-6-13(17)7-4-12/h3-9H,2,10,17H2,1H3. The fraction of sp³-hybridized carbons (Fsp3) is 0.188. The van der Waals surface area contributed by atoms with Gasteiger partial charge in [0.2, 0.25) is 0 Å². The highest BCUT2D eigenvalue weighted by Gasteiger charge is 2.07. The van der Waals surface area contributed by atoms with E-state index < -0.39 is 0 Å². The molecule has 0 amide bonds. The molecule has 0 aliphatic rings. The number of nitrogen functional groups attached to an aromatic ring is 1. The van der Waals surface area contributed by atoms with Crippen molar-refractivity contribution in [3.05, 3.63) is 59.5 Å². The Bertz CT molecular complexity index is 698. The van der Waals surface area contributed by atoms with Crippen LogP contribution >= 0.6 is 0 Å². The zero-order chi connectivity index (χ0) is 13.2. The molecule has 2 N–H and O–H groups in total. The molecule has 0 saturated heterocycles. The van der Waals surface area contributed by atoms with Crippen LogP contribution in [0.2, 0.25) is 0 Å². The summed E-state index contributed by atoms with van der Waals surface area (Å²) < 4.78 is 5.76. The Labute approximate surface area is 112 Å². The highest BCUT2D eigenvalue weighted by Crippen LogP contribution is 2.20. The number of aromatic nitrogens is 1. The fourth-order valence-corrected chi connectivity index (χ4v) is 2.13. The lowest BCUT2D eigenvalue weighted by Gasteiger charge is -1.97. The van der Waals surface area contributed by atoms with Crippen LogP contribution < -0.4 is 5.73 Å². The van der Waals surface area contributed by atoms with Crippen molar-refractivity contribution in [2.45, 2.75) is 19.8 Å². The number of rotatable bonds is 3. The third-order valence-corrected chi connectivity index (χ3v) is 3.24. The number of oxazole rings is 1. The van der Waals surface area contributed by atoms with Gasteiger partial charge in [-0.05, 0) is 41.8 Å². The predicted octanol–water partition coefficient (Wildman–Crippen LogP) is 3.56. The summed E-state index contributed by atoms with van der Waals surface area (Å²) in [6.07, 6.45) is 1.70. The maximum Gasteiger partial charge on any atom is 0.199 e. The lowest BCUT2D eigenvalue weighted by Crippen LogP contribution is -1.89. The molecule has 0 fully saturated rings. The molecule has 0 radical (unpaired) electrons. The van der Waals surface area contributed by atoms with E-state index in [1.54, 1.807) is 0 Å². The molecule has 3 heteroatoms. The highest BCUT2D eigenvalue weighted by molar-refractivity contribution is 5.73. The van der Waals surface area contributed by atoms with E-state index in [4.69, 9.17) is 10.2 Å². The predicted molar refractivity (Wildman–Crippen MR) is 77.0 cm³/mol. The molecule has 0 aliphatic carbocycles. The van der Waals surface area contributed by atoms with Crippen LogP contribution in [0.25, 0.3) is 11.1 Å². The summed E-state index contributed by atoms with van der Waals surface area (Å²) in [5, 5.41) is 0. The molecule has 3 aromatic rings. The molecule has 19 heavy (non-hydrogen) atoms. The Kier molecular flexibility index (Phi) is 2.95. The lowest BCUT2D eigenvalue weighted by molar-refractivity contribution is 0.544. The van der Waals surface area contributed by atoms with Gasteiger partial charge in [-0.1, -0.05) is 25.1 Å². The summed E-state index contributed by atoms with van der Waals surface area (Å²) in [5.41, 5.74) is 10.7. The van der Waals surface area contributed by atoms with Gasteiger partial charge < -0.3 is 10.2 Å². The van der Waals surface area contributed by atoms with E-state index in [1.165, 1.54) is 5.56 Å². The quantitative estimate of drug-likeness (QED) is 0.725. The number of anilines is 1. The topological polar surface area (TPSA) is 52.0 Å². The Hall–Kier alpha value is -2.29. The van der Waals surface area contributed by atoms with Crippen molar-refractivity contribution in [3.8, 4) is 0 Å². The SMILES string of the molecule is CCc1ccc2oc(Cc3ccc(N)cc3)nc2c1. The van der Waals surface area contributed by atoms with Crippen molar-refractivity contribution < 1.29 is 4.42 Å². The maximum atomic E-state index is 5.76. The molecule has 0 bridgehead atoms. The molecule has 1 heterocycles. The van der Waals surface area contributed by atoms with Gasteiger partial charge in [0.05, 0.1) is 0 Å². The third-order valence-electron chi connectivity index (χ3n) is 3.24. The zero-order valence-corrected chi connectivity index (χ0v) is 10.9. The first kappa shape index (κ1) is 11.8. The molecule has 96 valence electrons. The second kappa shape index (κ2) is 4.76. The molecule has 0 spiro atoms. The Morgan fingerprint density at radius 3 is 2.53 bits per heavy atom.